The van der Waals surface area contributed by atoms with Crippen LogP contribution in [0.4, 0.5) is 5.69 Å². The van der Waals surface area contributed by atoms with Crippen molar-refractivity contribution in [1.29, 1.82) is 0 Å². The maximum absolute atomic E-state index is 14.1. The average Bonchev–Trinajstić information content (AvgIpc) is 2.91. The van der Waals surface area contributed by atoms with Crippen LogP contribution in [0.2, 0.25) is 0 Å². The molecule has 1 atom stereocenters. The van der Waals surface area contributed by atoms with Crippen molar-refractivity contribution in [3.63, 3.8) is 0 Å². The topological polar surface area (TPSA) is 96.0 Å². The van der Waals surface area contributed by atoms with Crippen LogP contribution in [-0.2, 0) is 26.2 Å². The van der Waals surface area contributed by atoms with E-state index in [4.69, 9.17) is 4.74 Å². The van der Waals surface area contributed by atoms with Crippen molar-refractivity contribution in [1.82, 2.24) is 10.2 Å². The lowest BCUT2D eigenvalue weighted by Gasteiger charge is -2.34. The smallest absolute Gasteiger partial charge is 0.264 e. The molecule has 0 bridgehead atoms. The van der Waals surface area contributed by atoms with Crippen molar-refractivity contribution in [2.45, 2.75) is 64.1 Å². The van der Waals surface area contributed by atoms with E-state index in [-0.39, 0.29) is 17.3 Å². The molecule has 0 aromatic heterocycles. The standard InChI is InChI=1S/C31H39N3O5S/c1-7-28(30(36)32-31(3,4)5)33(21-24-12-11-13-26(20-24)39-6)29(35)22-34(25-18-16-23(2)17-19-25)40(37,38)27-14-9-8-10-15-27/h8-20,28H,7,21-22H2,1-6H3,(H,32,36). The van der Waals surface area contributed by atoms with Crippen LogP contribution < -0.4 is 14.4 Å². The molecule has 40 heavy (non-hydrogen) atoms. The quantitative estimate of drug-likeness (QED) is 0.356. The Balaban J connectivity index is 2.06. The van der Waals surface area contributed by atoms with E-state index in [1.807, 2.05) is 46.8 Å². The number of nitrogens with zero attached hydrogens (tertiary/aromatic N) is 2. The number of sulfonamides is 1. The van der Waals surface area contributed by atoms with Crippen molar-refractivity contribution >= 4 is 27.5 Å². The summed E-state index contributed by atoms with van der Waals surface area (Å²) < 4.78 is 34.1. The fourth-order valence-corrected chi connectivity index (χ4v) is 5.73. The highest BCUT2D eigenvalue weighted by Gasteiger charge is 2.34. The fraction of sp³-hybridized carbons (Fsp3) is 0.355. The zero-order valence-electron chi connectivity index (χ0n) is 24.0. The first kappa shape index (κ1) is 30.7. The third kappa shape index (κ3) is 7.85. The van der Waals surface area contributed by atoms with E-state index in [9.17, 15) is 18.0 Å². The van der Waals surface area contributed by atoms with E-state index in [1.165, 1.54) is 17.0 Å². The number of benzene rings is 3. The van der Waals surface area contributed by atoms with Gasteiger partial charge in [-0.15, -0.1) is 0 Å². The number of ether oxygens (including phenoxy) is 1. The molecular formula is C31H39N3O5S. The largest absolute Gasteiger partial charge is 0.497 e. The Morgan fingerprint density at radius 2 is 1.60 bits per heavy atom. The Labute approximate surface area is 238 Å². The van der Waals surface area contributed by atoms with E-state index in [0.29, 0.717) is 17.9 Å². The summed E-state index contributed by atoms with van der Waals surface area (Å²) in [5.74, 6) is -0.192. The predicted molar refractivity (Wildman–Crippen MR) is 158 cm³/mol. The minimum atomic E-state index is -4.10. The van der Waals surface area contributed by atoms with E-state index in [1.54, 1.807) is 61.7 Å². The number of carbonyl (C=O) groups is 2. The Morgan fingerprint density at radius 1 is 0.950 bits per heavy atom. The number of hydrogen-bond acceptors (Lipinski definition) is 5. The molecule has 9 heteroatoms. The maximum atomic E-state index is 14.1. The molecule has 0 saturated heterocycles. The molecule has 0 fully saturated rings. The van der Waals surface area contributed by atoms with Gasteiger partial charge in [0, 0.05) is 12.1 Å². The average molecular weight is 566 g/mol. The molecule has 3 rings (SSSR count). The molecule has 0 aliphatic rings. The lowest BCUT2D eigenvalue weighted by atomic mass is 10.1. The molecule has 0 aliphatic carbocycles. The molecular weight excluding hydrogens is 526 g/mol. The van der Waals surface area contributed by atoms with Crippen molar-refractivity contribution in [3.8, 4) is 5.75 Å². The van der Waals surface area contributed by atoms with Crippen LogP contribution in [0.5, 0.6) is 5.75 Å². The van der Waals surface area contributed by atoms with Gasteiger partial charge in [-0.05, 0) is 76.1 Å². The lowest BCUT2D eigenvalue weighted by molar-refractivity contribution is -0.141. The van der Waals surface area contributed by atoms with Gasteiger partial charge in [-0.25, -0.2) is 8.42 Å². The number of carbonyl (C=O) groups excluding carboxylic acids is 2. The van der Waals surface area contributed by atoms with Gasteiger partial charge in [0.15, 0.2) is 0 Å². The Kier molecular flexibility index (Phi) is 9.98. The molecule has 214 valence electrons. The molecule has 1 N–H and O–H groups in total. The van der Waals surface area contributed by atoms with Gasteiger partial charge in [-0.2, -0.15) is 0 Å². The SMILES string of the molecule is CCC(C(=O)NC(C)(C)C)N(Cc1cccc(OC)c1)C(=O)CN(c1ccc(C)cc1)S(=O)(=O)c1ccccc1. The first-order valence-corrected chi connectivity index (χ1v) is 14.7. The summed E-state index contributed by atoms with van der Waals surface area (Å²) in [5, 5.41) is 2.97. The molecule has 0 spiro atoms. The van der Waals surface area contributed by atoms with Crippen molar-refractivity contribution in [2.24, 2.45) is 0 Å². The van der Waals surface area contributed by atoms with Gasteiger partial charge in [-0.3, -0.25) is 13.9 Å². The third-order valence-electron chi connectivity index (χ3n) is 6.30. The van der Waals surface area contributed by atoms with Crippen LogP contribution in [0.25, 0.3) is 0 Å². The Bertz CT molecular complexity index is 1400. The number of aryl methyl sites for hydroxylation is 1. The summed E-state index contributed by atoms with van der Waals surface area (Å²) in [6.07, 6.45) is 0.341. The zero-order valence-corrected chi connectivity index (χ0v) is 24.9. The van der Waals surface area contributed by atoms with Gasteiger partial charge in [-0.1, -0.05) is 55.0 Å². The van der Waals surface area contributed by atoms with Gasteiger partial charge in [0.25, 0.3) is 10.0 Å². The monoisotopic (exact) mass is 565 g/mol. The van der Waals surface area contributed by atoms with Crippen LogP contribution in [0, 0.1) is 6.92 Å². The molecule has 2 amide bonds. The minimum Gasteiger partial charge on any atom is -0.497 e. The zero-order chi connectivity index (χ0) is 29.5. The molecule has 1 unspecified atom stereocenters. The van der Waals surface area contributed by atoms with Crippen molar-refractivity contribution in [2.75, 3.05) is 18.0 Å². The number of nitrogens with one attached hydrogen (secondary N) is 1. The highest BCUT2D eigenvalue weighted by atomic mass is 32.2. The molecule has 3 aromatic rings. The highest BCUT2D eigenvalue weighted by Crippen LogP contribution is 2.25. The number of amides is 2. The van der Waals surface area contributed by atoms with E-state index >= 15 is 0 Å². The molecule has 0 heterocycles. The number of hydrogen-bond donors (Lipinski definition) is 1. The number of methoxy groups -OCH3 is 1. The second-order valence-corrected chi connectivity index (χ2v) is 12.6. The predicted octanol–water partition coefficient (Wildman–Crippen LogP) is 4.92. The van der Waals surface area contributed by atoms with Crippen LogP contribution in [-0.4, -0.2) is 50.4 Å². The maximum Gasteiger partial charge on any atom is 0.264 e. The third-order valence-corrected chi connectivity index (χ3v) is 8.09. The van der Waals surface area contributed by atoms with Crippen molar-refractivity contribution in [3.05, 3.63) is 90.0 Å². The van der Waals surface area contributed by atoms with Gasteiger partial charge in [0.1, 0.15) is 18.3 Å². The molecule has 3 aromatic carbocycles. The highest BCUT2D eigenvalue weighted by molar-refractivity contribution is 7.92. The Hall–Kier alpha value is -3.85. The minimum absolute atomic E-state index is 0.0697. The normalized spacial score (nSPS) is 12.3. The Morgan fingerprint density at radius 3 is 2.17 bits per heavy atom. The van der Waals surface area contributed by atoms with Crippen LogP contribution in [0.15, 0.2) is 83.8 Å². The summed E-state index contributed by atoms with van der Waals surface area (Å²) >= 11 is 0. The second kappa shape index (κ2) is 13.0. The fourth-order valence-electron chi connectivity index (χ4n) is 4.30. The van der Waals surface area contributed by atoms with Crippen LogP contribution in [0.3, 0.4) is 0 Å². The molecule has 0 saturated carbocycles. The second-order valence-electron chi connectivity index (χ2n) is 10.7. The van der Waals surface area contributed by atoms with Gasteiger partial charge >= 0.3 is 0 Å². The van der Waals surface area contributed by atoms with Gasteiger partial charge < -0.3 is 15.0 Å². The first-order chi connectivity index (χ1) is 18.9. The lowest BCUT2D eigenvalue weighted by Crippen LogP contribution is -2.55. The van der Waals surface area contributed by atoms with Crippen LogP contribution >= 0.6 is 0 Å². The summed E-state index contributed by atoms with van der Waals surface area (Å²) in [6, 6.07) is 21.4. The summed E-state index contributed by atoms with van der Waals surface area (Å²) in [5.41, 5.74) is 1.55. The van der Waals surface area contributed by atoms with Gasteiger partial charge in [0.2, 0.25) is 11.8 Å². The summed E-state index contributed by atoms with van der Waals surface area (Å²) in [4.78, 5) is 29.0. The summed E-state index contributed by atoms with van der Waals surface area (Å²) in [7, 11) is -2.54. The number of anilines is 1. The molecule has 0 aliphatic heterocycles. The first-order valence-electron chi connectivity index (χ1n) is 13.2. The van der Waals surface area contributed by atoms with E-state index in [0.717, 1.165) is 15.4 Å². The van der Waals surface area contributed by atoms with Gasteiger partial charge in [0.05, 0.1) is 17.7 Å². The van der Waals surface area contributed by atoms with E-state index in [2.05, 4.69) is 5.32 Å². The number of rotatable bonds is 11. The van der Waals surface area contributed by atoms with E-state index < -0.39 is 34.1 Å². The molecule has 0 radical (unpaired) electrons. The summed E-state index contributed by atoms with van der Waals surface area (Å²) in [6.45, 7) is 8.96. The molecule has 8 nitrogen and oxygen atoms in total. The van der Waals surface area contributed by atoms with Crippen LogP contribution in [0.1, 0.15) is 45.2 Å². The van der Waals surface area contributed by atoms with Crippen molar-refractivity contribution < 1.29 is 22.7 Å².